The second-order valence-corrected chi connectivity index (χ2v) is 5.24. The second-order valence-electron chi connectivity index (χ2n) is 5.24. The molecule has 2 heteroatoms. The lowest BCUT2D eigenvalue weighted by atomic mass is 10.0. The molecule has 0 fully saturated rings. The van der Waals surface area contributed by atoms with Crippen LogP contribution in [0.2, 0.25) is 0 Å². The van der Waals surface area contributed by atoms with E-state index < -0.39 is 0 Å². The number of nitrogens with two attached hydrogens (primary N) is 1. The maximum atomic E-state index is 5.60. The van der Waals surface area contributed by atoms with Gasteiger partial charge in [-0.05, 0) is 56.0 Å². The van der Waals surface area contributed by atoms with Gasteiger partial charge in [-0.1, -0.05) is 19.9 Å². The first kappa shape index (κ1) is 14.0. The number of benzene rings is 1. The highest BCUT2D eigenvalue weighted by atomic mass is 15.1. The highest BCUT2D eigenvalue weighted by molar-refractivity contribution is 5.51. The summed E-state index contributed by atoms with van der Waals surface area (Å²) >= 11 is 0. The smallest absolute Gasteiger partial charge is 0.0368 e. The minimum atomic E-state index is 0.551. The predicted octanol–water partition coefficient (Wildman–Crippen LogP) is 2.98. The van der Waals surface area contributed by atoms with Crippen LogP contribution < -0.4 is 10.6 Å². The largest absolute Gasteiger partial charge is 0.372 e. The van der Waals surface area contributed by atoms with Crippen LogP contribution in [0.4, 0.5) is 5.69 Å². The van der Waals surface area contributed by atoms with E-state index >= 15 is 0 Å². The van der Waals surface area contributed by atoms with Crippen LogP contribution in [0, 0.1) is 12.8 Å². The van der Waals surface area contributed by atoms with Gasteiger partial charge in [0.1, 0.15) is 0 Å². The van der Waals surface area contributed by atoms with Crippen LogP contribution in [0.1, 0.15) is 31.9 Å². The van der Waals surface area contributed by atoms with Gasteiger partial charge in [-0.3, -0.25) is 0 Å². The molecule has 0 aliphatic carbocycles. The fourth-order valence-corrected chi connectivity index (χ4v) is 2.02. The van der Waals surface area contributed by atoms with Crippen molar-refractivity contribution in [3.05, 3.63) is 29.3 Å². The number of hydrogen-bond acceptors (Lipinski definition) is 2. The maximum absolute atomic E-state index is 5.60. The Morgan fingerprint density at radius 3 is 2.35 bits per heavy atom. The summed E-state index contributed by atoms with van der Waals surface area (Å²) in [5.74, 6) is 0.657. The van der Waals surface area contributed by atoms with Crippen LogP contribution in [0.25, 0.3) is 0 Å². The molecular formula is C15H26N2. The van der Waals surface area contributed by atoms with Gasteiger partial charge >= 0.3 is 0 Å². The van der Waals surface area contributed by atoms with Crippen molar-refractivity contribution in [3.8, 4) is 0 Å². The summed E-state index contributed by atoms with van der Waals surface area (Å²) in [6.45, 7) is 9.68. The maximum Gasteiger partial charge on any atom is 0.0368 e. The van der Waals surface area contributed by atoms with E-state index in [-0.39, 0.29) is 0 Å². The quantitative estimate of drug-likeness (QED) is 0.848. The van der Waals surface area contributed by atoms with E-state index in [1.54, 1.807) is 0 Å². The van der Waals surface area contributed by atoms with E-state index in [9.17, 15) is 0 Å². The summed E-state index contributed by atoms with van der Waals surface area (Å²) in [7, 11) is 2.17. The van der Waals surface area contributed by atoms with Crippen molar-refractivity contribution < 1.29 is 0 Å². The lowest BCUT2D eigenvalue weighted by Gasteiger charge is -2.30. The van der Waals surface area contributed by atoms with Gasteiger partial charge in [0.05, 0.1) is 0 Å². The average Bonchev–Trinajstić information content (AvgIpc) is 2.30. The summed E-state index contributed by atoms with van der Waals surface area (Å²) in [5.41, 5.74) is 9.61. The average molecular weight is 234 g/mol. The highest BCUT2D eigenvalue weighted by Gasteiger charge is 2.14. The van der Waals surface area contributed by atoms with Crippen molar-refractivity contribution in [2.45, 2.75) is 40.2 Å². The fourth-order valence-electron chi connectivity index (χ4n) is 2.02. The van der Waals surface area contributed by atoms with Gasteiger partial charge in [0.2, 0.25) is 0 Å². The molecule has 1 rings (SSSR count). The van der Waals surface area contributed by atoms with E-state index in [1.165, 1.54) is 16.8 Å². The Balaban J connectivity index is 2.89. The van der Waals surface area contributed by atoms with Crippen molar-refractivity contribution in [2.75, 3.05) is 18.5 Å². The minimum absolute atomic E-state index is 0.551. The molecule has 0 heterocycles. The third-order valence-electron chi connectivity index (χ3n) is 3.72. The van der Waals surface area contributed by atoms with Crippen molar-refractivity contribution in [2.24, 2.45) is 11.7 Å². The second kappa shape index (κ2) is 6.06. The van der Waals surface area contributed by atoms with Gasteiger partial charge in [0.15, 0.2) is 0 Å². The van der Waals surface area contributed by atoms with Crippen LogP contribution in [-0.4, -0.2) is 19.6 Å². The number of rotatable bonds is 5. The van der Waals surface area contributed by atoms with Crippen molar-refractivity contribution in [3.63, 3.8) is 0 Å². The Kier molecular flexibility index (Phi) is 5.01. The molecule has 0 radical (unpaired) electrons. The summed E-state index contributed by atoms with van der Waals surface area (Å²) in [5, 5.41) is 0. The Morgan fingerprint density at radius 2 is 1.88 bits per heavy atom. The van der Waals surface area contributed by atoms with Gasteiger partial charge < -0.3 is 10.6 Å². The van der Waals surface area contributed by atoms with Crippen molar-refractivity contribution >= 4 is 5.69 Å². The first-order valence-electron chi connectivity index (χ1n) is 6.49. The molecule has 17 heavy (non-hydrogen) atoms. The number of nitrogens with zero attached hydrogens (tertiary/aromatic N) is 1. The molecule has 0 amide bonds. The molecule has 0 saturated heterocycles. The number of hydrogen-bond donors (Lipinski definition) is 1. The molecule has 0 aromatic heterocycles. The van der Waals surface area contributed by atoms with Gasteiger partial charge in [0.25, 0.3) is 0 Å². The first-order chi connectivity index (χ1) is 7.97. The fraction of sp³-hybridized carbons (Fsp3) is 0.600. The van der Waals surface area contributed by atoms with Gasteiger partial charge in [0, 0.05) is 18.8 Å². The standard InChI is InChI=1S/C15H26N2/c1-11(2)13(4)17(5)15-7-6-14(8-9-16)12(3)10-15/h6-7,10-11,13H,8-9,16H2,1-5H3. The molecule has 0 aliphatic heterocycles. The Labute approximate surface area is 106 Å². The molecule has 96 valence electrons. The monoisotopic (exact) mass is 234 g/mol. The van der Waals surface area contributed by atoms with E-state index in [0.717, 1.165) is 13.0 Å². The van der Waals surface area contributed by atoms with Crippen molar-refractivity contribution in [1.82, 2.24) is 0 Å². The van der Waals surface area contributed by atoms with Gasteiger partial charge in [-0.2, -0.15) is 0 Å². The molecule has 2 N–H and O–H groups in total. The number of aryl methyl sites for hydroxylation is 1. The molecule has 0 spiro atoms. The third-order valence-corrected chi connectivity index (χ3v) is 3.72. The summed E-state index contributed by atoms with van der Waals surface area (Å²) < 4.78 is 0. The zero-order chi connectivity index (χ0) is 13.0. The normalized spacial score (nSPS) is 12.9. The molecule has 0 bridgehead atoms. The Bertz CT molecular complexity index is 358. The molecule has 1 atom stereocenters. The van der Waals surface area contributed by atoms with Crippen LogP contribution >= 0.6 is 0 Å². The van der Waals surface area contributed by atoms with E-state index in [2.05, 4.69) is 57.8 Å². The molecule has 2 nitrogen and oxygen atoms in total. The Hall–Kier alpha value is -1.02. The summed E-state index contributed by atoms with van der Waals surface area (Å²) in [6.07, 6.45) is 0.968. The summed E-state index contributed by atoms with van der Waals surface area (Å²) in [4.78, 5) is 2.35. The lowest BCUT2D eigenvalue weighted by Crippen LogP contribution is -2.33. The Morgan fingerprint density at radius 1 is 1.24 bits per heavy atom. The summed E-state index contributed by atoms with van der Waals surface area (Å²) in [6, 6.07) is 7.23. The zero-order valence-electron chi connectivity index (χ0n) is 11.8. The minimum Gasteiger partial charge on any atom is -0.372 e. The zero-order valence-corrected chi connectivity index (χ0v) is 11.8. The third kappa shape index (κ3) is 3.47. The SMILES string of the molecule is Cc1cc(N(C)C(C)C(C)C)ccc1CCN. The highest BCUT2D eigenvalue weighted by Crippen LogP contribution is 2.22. The lowest BCUT2D eigenvalue weighted by molar-refractivity contribution is 0.505. The van der Waals surface area contributed by atoms with Gasteiger partial charge in [-0.25, -0.2) is 0 Å². The van der Waals surface area contributed by atoms with E-state index in [0.29, 0.717) is 12.0 Å². The van der Waals surface area contributed by atoms with Crippen LogP contribution in [-0.2, 0) is 6.42 Å². The molecule has 1 unspecified atom stereocenters. The predicted molar refractivity (Wildman–Crippen MR) is 76.6 cm³/mol. The van der Waals surface area contributed by atoms with Crippen LogP contribution in [0.3, 0.4) is 0 Å². The topological polar surface area (TPSA) is 29.3 Å². The van der Waals surface area contributed by atoms with Crippen molar-refractivity contribution in [1.29, 1.82) is 0 Å². The van der Waals surface area contributed by atoms with Gasteiger partial charge in [-0.15, -0.1) is 0 Å². The van der Waals surface area contributed by atoms with Crippen LogP contribution in [0.5, 0.6) is 0 Å². The molecule has 1 aromatic carbocycles. The van der Waals surface area contributed by atoms with E-state index in [1.807, 2.05) is 0 Å². The molecule has 1 aromatic rings. The number of anilines is 1. The molecule has 0 aliphatic rings. The first-order valence-corrected chi connectivity index (χ1v) is 6.49. The molecular weight excluding hydrogens is 208 g/mol. The molecule has 0 saturated carbocycles. The van der Waals surface area contributed by atoms with Crippen LogP contribution in [0.15, 0.2) is 18.2 Å². The van der Waals surface area contributed by atoms with E-state index in [4.69, 9.17) is 5.73 Å².